The van der Waals surface area contributed by atoms with Crippen molar-refractivity contribution in [2.45, 2.75) is 57.8 Å². The van der Waals surface area contributed by atoms with Gasteiger partial charge < -0.3 is 35.3 Å². The van der Waals surface area contributed by atoms with E-state index in [1.54, 1.807) is 42.7 Å². The third-order valence-corrected chi connectivity index (χ3v) is 8.93. The number of para-hydroxylation sites is 1. The molecule has 4 N–H and O–H groups in total. The number of nitrogens with zero attached hydrogens (tertiary/aromatic N) is 3. The number of benzene rings is 3. The predicted molar refractivity (Wildman–Crippen MR) is 193 cm³/mol. The Morgan fingerprint density at radius 3 is 2.29 bits per heavy atom. The number of nitrogens with two attached hydrogens (primary N) is 1. The van der Waals surface area contributed by atoms with Gasteiger partial charge in [-0.15, -0.1) is 0 Å². The highest BCUT2D eigenvalue weighted by Crippen LogP contribution is 2.32. The van der Waals surface area contributed by atoms with Crippen molar-refractivity contribution in [1.29, 1.82) is 0 Å². The average molecular weight is 695 g/mol. The van der Waals surface area contributed by atoms with Crippen molar-refractivity contribution in [3.63, 3.8) is 0 Å². The topological polar surface area (TPSA) is 158 Å². The minimum Gasteiger partial charge on any atom is -0.496 e. The van der Waals surface area contributed by atoms with Crippen LogP contribution in [-0.2, 0) is 25.7 Å². The van der Waals surface area contributed by atoms with Crippen molar-refractivity contribution in [2.75, 3.05) is 32.1 Å². The lowest BCUT2D eigenvalue weighted by atomic mass is 9.88. The zero-order chi connectivity index (χ0) is 36.5. The maximum atomic E-state index is 14.3. The van der Waals surface area contributed by atoms with Gasteiger partial charge >= 0.3 is 0 Å². The van der Waals surface area contributed by atoms with Crippen molar-refractivity contribution < 1.29 is 28.7 Å². The van der Waals surface area contributed by atoms with E-state index in [9.17, 15) is 19.2 Å². The quantitative estimate of drug-likeness (QED) is 0.165. The molecule has 268 valence electrons. The number of nitrogens with one attached hydrogen (secondary N) is 2. The number of Topliss-reactive ketones (excluding diaryl/α,β-unsaturated/α-hetero) is 1. The number of imidazole rings is 1. The van der Waals surface area contributed by atoms with Crippen molar-refractivity contribution in [3.05, 3.63) is 114 Å². The van der Waals surface area contributed by atoms with Gasteiger partial charge in [-0.1, -0.05) is 78.4 Å². The lowest BCUT2D eigenvalue weighted by Gasteiger charge is -2.34. The smallest absolute Gasteiger partial charge is 0.250 e. The van der Waals surface area contributed by atoms with E-state index in [4.69, 9.17) is 15.2 Å². The number of likely N-dealkylation sites (tertiary alicyclic amines) is 1. The second-order valence-electron chi connectivity index (χ2n) is 13.4. The Hall–Kier alpha value is -5.33. The molecule has 0 radical (unpaired) electrons. The van der Waals surface area contributed by atoms with E-state index in [2.05, 4.69) is 15.6 Å². The van der Waals surface area contributed by atoms with Crippen molar-refractivity contribution in [3.8, 4) is 5.75 Å². The van der Waals surface area contributed by atoms with Gasteiger partial charge in [0.05, 0.1) is 32.2 Å². The van der Waals surface area contributed by atoms with Crippen LogP contribution in [0.4, 0.5) is 5.82 Å². The number of carbonyl (C=O) groups excluding carboxylic acids is 4. The second kappa shape index (κ2) is 16.6. The van der Waals surface area contributed by atoms with E-state index in [1.165, 1.54) is 6.33 Å². The predicted octanol–water partition coefficient (Wildman–Crippen LogP) is 4.29. The largest absolute Gasteiger partial charge is 0.496 e. The highest BCUT2D eigenvalue weighted by molar-refractivity contribution is 5.99. The van der Waals surface area contributed by atoms with Gasteiger partial charge in [0, 0.05) is 36.3 Å². The number of amides is 3. The Labute approximate surface area is 298 Å². The summed E-state index contributed by atoms with van der Waals surface area (Å²) in [5, 5.41) is 5.44. The molecular weight excluding hydrogens is 648 g/mol. The molecule has 2 heterocycles. The number of hydrogen-bond acceptors (Lipinski definition) is 8. The molecule has 1 saturated heterocycles. The average Bonchev–Trinajstić information content (AvgIpc) is 3.59. The van der Waals surface area contributed by atoms with Crippen molar-refractivity contribution >= 4 is 29.3 Å². The molecule has 1 fully saturated rings. The third-order valence-electron chi connectivity index (χ3n) is 8.93. The zero-order valence-corrected chi connectivity index (χ0v) is 29.5. The van der Waals surface area contributed by atoms with E-state index in [-0.39, 0.29) is 36.6 Å². The Bertz CT molecular complexity index is 1810. The number of aryl methyl sites for hydroxylation is 1. The summed E-state index contributed by atoms with van der Waals surface area (Å²) in [6.45, 7) is 6.01. The number of carbonyl (C=O) groups is 4. The number of aromatic nitrogens is 2. The second-order valence-corrected chi connectivity index (χ2v) is 13.4. The van der Waals surface area contributed by atoms with Gasteiger partial charge in [0.15, 0.2) is 11.6 Å². The molecule has 12 heteroatoms. The van der Waals surface area contributed by atoms with Gasteiger partial charge in [0.2, 0.25) is 11.8 Å². The SMILES string of the molecule is COc1ccccc1C(C(=O)N1CCC(C(=O)c2ccc(C)cc2)CC1)n1cnc(NC(=O)[C@@H](COCc2ccccc2)NC(=O)C(C)(C)N)c1. The summed E-state index contributed by atoms with van der Waals surface area (Å²) >= 11 is 0. The first-order valence-electron chi connectivity index (χ1n) is 17.0. The fourth-order valence-corrected chi connectivity index (χ4v) is 5.95. The van der Waals surface area contributed by atoms with Crippen LogP contribution in [-0.4, -0.2) is 76.3 Å². The van der Waals surface area contributed by atoms with Crippen LogP contribution in [0.5, 0.6) is 5.75 Å². The normalized spacial score (nSPS) is 14.7. The number of methoxy groups -OCH3 is 1. The molecule has 0 aliphatic carbocycles. The first-order chi connectivity index (χ1) is 24.4. The molecule has 3 aromatic carbocycles. The lowest BCUT2D eigenvalue weighted by molar-refractivity contribution is -0.134. The highest BCUT2D eigenvalue weighted by Gasteiger charge is 2.35. The van der Waals surface area contributed by atoms with E-state index >= 15 is 0 Å². The fourth-order valence-electron chi connectivity index (χ4n) is 5.95. The molecule has 1 aromatic heterocycles. The summed E-state index contributed by atoms with van der Waals surface area (Å²) in [5.41, 5.74) is 8.06. The number of anilines is 1. The van der Waals surface area contributed by atoms with Crippen LogP contribution in [0, 0.1) is 12.8 Å². The monoisotopic (exact) mass is 694 g/mol. The highest BCUT2D eigenvalue weighted by atomic mass is 16.5. The van der Waals surface area contributed by atoms with Gasteiger partial charge in [-0.05, 0) is 45.2 Å². The minimum atomic E-state index is -1.23. The number of hydrogen-bond donors (Lipinski definition) is 3. The molecule has 51 heavy (non-hydrogen) atoms. The number of ether oxygens (including phenoxy) is 2. The van der Waals surface area contributed by atoms with E-state index < -0.39 is 29.4 Å². The van der Waals surface area contributed by atoms with Crippen molar-refractivity contribution in [2.24, 2.45) is 11.7 Å². The number of piperidine rings is 1. The van der Waals surface area contributed by atoms with Crippen LogP contribution in [0.25, 0.3) is 0 Å². The maximum absolute atomic E-state index is 14.3. The summed E-state index contributed by atoms with van der Waals surface area (Å²) in [4.78, 5) is 60.0. The fraction of sp³-hybridized carbons (Fsp3) is 0.359. The first kappa shape index (κ1) is 36.9. The number of rotatable bonds is 14. The van der Waals surface area contributed by atoms with E-state index in [1.807, 2.05) is 79.7 Å². The molecule has 0 spiro atoms. The van der Waals surface area contributed by atoms with Crippen LogP contribution in [0.3, 0.4) is 0 Å². The van der Waals surface area contributed by atoms with Gasteiger partial charge in [0.25, 0.3) is 5.91 Å². The Morgan fingerprint density at radius 1 is 0.961 bits per heavy atom. The number of ketones is 1. The standard InChI is InChI=1S/C39H46N6O6/c1-26-14-16-28(17-15-26)35(46)29-18-20-44(21-19-29)37(48)34(30-12-8-9-13-32(30)50-4)45-22-33(41-25-45)43-36(47)31(42-38(49)39(2,3)40)24-51-23-27-10-6-5-7-11-27/h5-17,22,25,29,31,34H,18-21,23-24,40H2,1-4H3,(H,42,49)(H,43,47)/t31-,34?/m1/s1. The van der Waals surface area contributed by atoms with Crippen molar-refractivity contribution in [1.82, 2.24) is 19.8 Å². The molecule has 12 nitrogen and oxygen atoms in total. The molecule has 1 aliphatic rings. The molecule has 1 aliphatic heterocycles. The first-order valence-corrected chi connectivity index (χ1v) is 17.0. The molecule has 2 atom stereocenters. The summed E-state index contributed by atoms with van der Waals surface area (Å²) < 4.78 is 13.1. The Balaban J connectivity index is 1.32. The summed E-state index contributed by atoms with van der Waals surface area (Å²) in [6, 6.07) is 22.3. The van der Waals surface area contributed by atoms with Gasteiger partial charge in [0.1, 0.15) is 17.8 Å². The minimum absolute atomic E-state index is 0.0911. The van der Waals surface area contributed by atoms with Crippen LogP contribution < -0.4 is 21.1 Å². The lowest BCUT2D eigenvalue weighted by Crippen LogP contribution is -2.56. The third kappa shape index (κ3) is 9.47. The van der Waals surface area contributed by atoms with E-state index in [0.29, 0.717) is 42.8 Å². The Morgan fingerprint density at radius 2 is 1.63 bits per heavy atom. The molecule has 4 aromatic rings. The van der Waals surface area contributed by atoms with Gasteiger partial charge in [-0.2, -0.15) is 0 Å². The molecule has 0 bridgehead atoms. The molecule has 5 rings (SSSR count). The maximum Gasteiger partial charge on any atom is 0.250 e. The van der Waals surface area contributed by atoms with Crippen LogP contribution in [0.15, 0.2) is 91.4 Å². The Kier molecular flexibility index (Phi) is 12.0. The van der Waals surface area contributed by atoms with Gasteiger partial charge in [-0.3, -0.25) is 19.2 Å². The van der Waals surface area contributed by atoms with Crippen LogP contribution >= 0.6 is 0 Å². The summed E-state index contributed by atoms with van der Waals surface area (Å²) in [6.07, 6.45) is 4.13. The summed E-state index contributed by atoms with van der Waals surface area (Å²) in [7, 11) is 1.54. The molecular formula is C39H46N6O6. The van der Waals surface area contributed by atoms with Crippen LogP contribution in [0.1, 0.15) is 59.8 Å². The van der Waals surface area contributed by atoms with E-state index in [0.717, 1.165) is 11.1 Å². The summed E-state index contributed by atoms with van der Waals surface area (Å²) in [5.74, 6) is -0.679. The van der Waals surface area contributed by atoms with Crippen LogP contribution in [0.2, 0.25) is 0 Å². The molecule has 1 unspecified atom stereocenters. The van der Waals surface area contributed by atoms with Gasteiger partial charge in [-0.25, -0.2) is 4.98 Å². The molecule has 0 saturated carbocycles. The zero-order valence-electron chi connectivity index (χ0n) is 29.5. The molecule has 3 amide bonds.